The van der Waals surface area contributed by atoms with Crippen LogP contribution in [0, 0.1) is 5.41 Å². The summed E-state index contributed by atoms with van der Waals surface area (Å²) in [4.78, 5) is 1.49. The van der Waals surface area contributed by atoms with Crippen LogP contribution in [0.15, 0.2) is 15.9 Å². The third-order valence-electron chi connectivity index (χ3n) is 3.12. The molecule has 3 heteroatoms. The zero-order chi connectivity index (χ0) is 11.6. The number of nitrogens with one attached hydrogen (secondary N) is 1. The molecule has 1 N–H and O–H groups in total. The maximum Gasteiger partial charge on any atom is 0.0701 e. The van der Waals surface area contributed by atoms with Gasteiger partial charge in [-0.3, -0.25) is 0 Å². The molecule has 1 aromatic rings. The number of rotatable bonds is 6. The van der Waals surface area contributed by atoms with Crippen LogP contribution in [0.3, 0.4) is 0 Å². The van der Waals surface area contributed by atoms with E-state index in [1.54, 1.807) is 0 Å². The molecular formula is C13H20BrNS. The molecule has 1 aliphatic rings. The molecule has 1 saturated carbocycles. The van der Waals surface area contributed by atoms with Crippen molar-refractivity contribution in [2.45, 2.75) is 45.6 Å². The van der Waals surface area contributed by atoms with Crippen LogP contribution in [0.25, 0.3) is 0 Å². The lowest BCUT2D eigenvalue weighted by Gasteiger charge is -2.24. The molecule has 0 radical (unpaired) electrons. The Morgan fingerprint density at radius 2 is 2.19 bits per heavy atom. The summed E-state index contributed by atoms with van der Waals surface area (Å²) in [5.41, 5.74) is 0.416. The minimum absolute atomic E-state index is 0.416. The fourth-order valence-electron chi connectivity index (χ4n) is 1.74. The minimum Gasteiger partial charge on any atom is -0.313 e. The van der Waals surface area contributed by atoms with Gasteiger partial charge in [-0.1, -0.05) is 13.8 Å². The van der Waals surface area contributed by atoms with Gasteiger partial charge in [0.1, 0.15) is 0 Å². The molecule has 0 saturated heterocycles. The van der Waals surface area contributed by atoms with Gasteiger partial charge in [-0.15, -0.1) is 11.3 Å². The smallest absolute Gasteiger partial charge is 0.0701 e. The quantitative estimate of drug-likeness (QED) is 0.829. The van der Waals surface area contributed by atoms with Crippen LogP contribution in [0.5, 0.6) is 0 Å². The molecule has 1 aliphatic carbocycles. The monoisotopic (exact) mass is 301 g/mol. The van der Waals surface area contributed by atoms with Gasteiger partial charge in [-0.25, -0.2) is 0 Å². The first-order chi connectivity index (χ1) is 7.55. The highest BCUT2D eigenvalue weighted by Gasteiger charge is 2.25. The Bertz CT molecular complexity index is 341. The van der Waals surface area contributed by atoms with Crippen molar-refractivity contribution < 1.29 is 0 Å². The Morgan fingerprint density at radius 1 is 1.44 bits per heavy atom. The molecule has 0 atom stereocenters. The third-order valence-corrected chi connectivity index (χ3v) is 4.81. The van der Waals surface area contributed by atoms with Gasteiger partial charge >= 0.3 is 0 Å². The summed E-state index contributed by atoms with van der Waals surface area (Å²) >= 11 is 5.38. The zero-order valence-electron chi connectivity index (χ0n) is 10.1. The van der Waals surface area contributed by atoms with E-state index in [1.807, 2.05) is 11.3 Å². The Hall–Kier alpha value is 0.140. The van der Waals surface area contributed by atoms with Crippen LogP contribution in [-0.2, 0) is 6.42 Å². The van der Waals surface area contributed by atoms with E-state index < -0.39 is 0 Å². The van der Waals surface area contributed by atoms with E-state index in [0.29, 0.717) is 5.41 Å². The third kappa shape index (κ3) is 4.19. The standard InChI is InChI=1S/C13H20BrNS/c1-13(2,9-15-10-3-4-10)8-7-11-5-6-12(14)16-11/h5-6,10,15H,3-4,7-9H2,1-2H3. The summed E-state index contributed by atoms with van der Waals surface area (Å²) in [6.07, 6.45) is 5.23. The number of hydrogen-bond acceptors (Lipinski definition) is 2. The van der Waals surface area contributed by atoms with Gasteiger partial charge in [0.15, 0.2) is 0 Å². The second-order valence-electron chi connectivity index (χ2n) is 5.53. The Kier molecular flexibility index (Phi) is 4.09. The molecule has 0 unspecified atom stereocenters. The number of hydrogen-bond donors (Lipinski definition) is 1. The average Bonchev–Trinajstić information content (AvgIpc) is 2.96. The fraction of sp³-hybridized carbons (Fsp3) is 0.692. The lowest BCUT2D eigenvalue weighted by Crippen LogP contribution is -2.31. The molecule has 0 bridgehead atoms. The van der Waals surface area contributed by atoms with Crippen LogP contribution in [0.4, 0.5) is 0 Å². The molecule has 16 heavy (non-hydrogen) atoms. The van der Waals surface area contributed by atoms with Crippen LogP contribution in [0.2, 0.25) is 0 Å². The van der Waals surface area contributed by atoms with Gasteiger partial charge in [0.25, 0.3) is 0 Å². The second-order valence-corrected chi connectivity index (χ2v) is 8.07. The predicted molar refractivity (Wildman–Crippen MR) is 75.1 cm³/mol. The summed E-state index contributed by atoms with van der Waals surface area (Å²) in [7, 11) is 0. The van der Waals surface area contributed by atoms with Crippen molar-refractivity contribution in [3.8, 4) is 0 Å². The van der Waals surface area contributed by atoms with Crippen molar-refractivity contribution >= 4 is 27.3 Å². The molecule has 90 valence electrons. The average molecular weight is 302 g/mol. The van der Waals surface area contributed by atoms with Crippen LogP contribution >= 0.6 is 27.3 Å². The summed E-state index contributed by atoms with van der Waals surface area (Å²) in [5.74, 6) is 0. The van der Waals surface area contributed by atoms with E-state index in [-0.39, 0.29) is 0 Å². The molecule has 0 aromatic carbocycles. The van der Waals surface area contributed by atoms with E-state index in [1.165, 1.54) is 34.3 Å². The van der Waals surface area contributed by atoms with Crippen molar-refractivity contribution in [3.05, 3.63) is 20.8 Å². The molecule has 1 fully saturated rings. The molecule has 1 aromatic heterocycles. The topological polar surface area (TPSA) is 12.0 Å². The summed E-state index contributed by atoms with van der Waals surface area (Å²) < 4.78 is 1.25. The summed E-state index contributed by atoms with van der Waals surface area (Å²) in [5, 5.41) is 3.63. The lowest BCUT2D eigenvalue weighted by atomic mass is 9.87. The number of thiophene rings is 1. The first-order valence-corrected chi connectivity index (χ1v) is 7.64. The van der Waals surface area contributed by atoms with Crippen molar-refractivity contribution in [3.63, 3.8) is 0 Å². The van der Waals surface area contributed by atoms with Crippen molar-refractivity contribution in [2.75, 3.05) is 6.54 Å². The molecule has 1 nitrogen and oxygen atoms in total. The zero-order valence-corrected chi connectivity index (χ0v) is 12.5. The lowest BCUT2D eigenvalue weighted by molar-refractivity contribution is 0.314. The van der Waals surface area contributed by atoms with Crippen LogP contribution < -0.4 is 5.32 Å². The maximum atomic E-state index is 3.63. The summed E-state index contributed by atoms with van der Waals surface area (Å²) in [6.45, 7) is 5.89. The van der Waals surface area contributed by atoms with E-state index in [4.69, 9.17) is 0 Å². The van der Waals surface area contributed by atoms with Crippen molar-refractivity contribution in [1.82, 2.24) is 5.32 Å². The van der Waals surface area contributed by atoms with Gasteiger partial charge in [-0.05, 0) is 59.2 Å². The molecule has 0 aliphatic heterocycles. The number of aryl methyl sites for hydroxylation is 1. The van der Waals surface area contributed by atoms with E-state index >= 15 is 0 Å². The maximum absolute atomic E-state index is 3.63. The Balaban J connectivity index is 1.74. The molecule has 1 heterocycles. The Morgan fingerprint density at radius 3 is 2.75 bits per heavy atom. The van der Waals surface area contributed by atoms with Gasteiger partial charge in [0, 0.05) is 17.5 Å². The second kappa shape index (κ2) is 5.19. The summed E-state index contributed by atoms with van der Waals surface area (Å²) in [6, 6.07) is 5.21. The van der Waals surface area contributed by atoms with Gasteiger partial charge in [0.05, 0.1) is 3.79 Å². The van der Waals surface area contributed by atoms with Gasteiger partial charge < -0.3 is 5.32 Å². The molecule has 2 rings (SSSR count). The normalized spacial score (nSPS) is 16.7. The fourth-order valence-corrected chi connectivity index (χ4v) is 3.23. The van der Waals surface area contributed by atoms with Gasteiger partial charge in [-0.2, -0.15) is 0 Å². The highest BCUT2D eigenvalue weighted by atomic mass is 79.9. The SMILES string of the molecule is CC(C)(CCc1ccc(Br)s1)CNC1CC1. The van der Waals surface area contributed by atoms with Crippen LogP contribution in [0.1, 0.15) is 38.0 Å². The van der Waals surface area contributed by atoms with E-state index in [2.05, 4.69) is 47.2 Å². The Labute approximate surface area is 111 Å². The van der Waals surface area contributed by atoms with Gasteiger partial charge in [0.2, 0.25) is 0 Å². The highest BCUT2D eigenvalue weighted by Crippen LogP contribution is 2.28. The largest absolute Gasteiger partial charge is 0.313 e. The highest BCUT2D eigenvalue weighted by molar-refractivity contribution is 9.11. The van der Waals surface area contributed by atoms with Crippen molar-refractivity contribution in [1.29, 1.82) is 0 Å². The first-order valence-electron chi connectivity index (χ1n) is 6.03. The molecule has 0 spiro atoms. The molecular weight excluding hydrogens is 282 g/mol. The first kappa shape index (κ1) is 12.6. The predicted octanol–water partition coefficient (Wildman–Crippen LogP) is 4.22. The number of halogens is 1. The van der Waals surface area contributed by atoms with Crippen molar-refractivity contribution in [2.24, 2.45) is 5.41 Å². The molecule has 0 amide bonds. The van der Waals surface area contributed by atoms with E-state index in [0.717, 1.165) is 12.6 Å². The van der Waals surface area contributed by atoms with E-state index in [9.17, 15) is 0 Å². The van der Waals surface area contributed by atoms with Crippen LogP contribution in [-0.4, -0.2) is 12.6 Å². The minimum atomic E-state index is 0.416.